The van der Waals surface area contributed by atoms with E-state index in [4.69, 9.17) is 12.2 Å². The lowest BCUT2D eigenvalue weighted by Crippen LogP contribution is -2.34. The van der Waals surface area contributed by atoms with Crippen LogP contribution < -0.4 is 5.73 Å². The maximum Gasteiger partial charge on any atom is 0.280 e. The van der Waals surface area contributed by atoms with Crippen LogP contribution in [0.3, 0.4) is 0 Å². The molecule has 1 fully saturated rings. The Bertz CT molecular complexity index is 430. The summed E-state index contributed by atoms with van der Waals surface area (Å²) in [7, 11) is 0. The third-order valence-corrected chi connectivity index (χ3v) is 2.46. The molecule has 6 nitrogen and oxygen atoms in total. The number of aromatic nitrogens is 2. The Morgan fingerprint density at radius 3 is 2.88 bits per heavy atom. The molecule has 0 saturated heterocycles. The molecular formula is C10H12N4O2. The van der Waals surface area contributed by atoms with Gasteiger partial charge in [-0.15, -0.1) is 6.42 Å². The van der Waals surface area contributed by atoms with Crippen LogP contribution in [0, 0.1) is 18.3 Å². The molecule has 1 amide bonds. The predicted molar refractivity (Wildman–Crippen MR) is 56.2 cm³/mol. The quantitative estimate of drug-likeness (QED) is 0.729. The van der Waals surface area contributed by atoms with Gasteiger partial charge in [-0.25, -0.2) is 4.63 Å². The van der Waals surface area contributed by atoms with Crippen LogP contribution in [0.15, 0.2) is 4.63 Å². The lowest BCUT2D eigenvalue weighted by atomic mass is 10.3. The highest BCUT2D eigenvalue weighted by Gasteiger charge is 2.29. The molecule has 84 valence electrons. The van der Waals surface area contributed by atoms with E-state index in [-0.39, 0.29) is 24.0 Å². The zero-order valence-electron chi connectivity index (χ0n) is 8.72. The molecule has 1 aliphatic carbocycles. The summed E-state index contributed by atoms with van der Waals surface area (Å²) in [6.07, 6.45) is 7.50. The van der Waals surface area contributed by atoms with E-state index in [1.807, 2.05) is 0 Å². The molecule has 2 rings (SSSR count). The predicted octanol–water partition coefficient (Wildman–Crippen LogP) is 0.137. The van der Waals surface area contributed by atoms with Gasteiger partial charge < -0.3 is 10.6 Å². The van der Waals surface area contributed by atoms with Gasteiger partial charge in [0.2, 0.25) is 11.5 Å². The minimum absolute atomic E-state index is 0.00261. The fourth-order valence-electron chi connectivity index (χ4n) is 1.44. The third kappa shape index (κ3) is 2.14. The van der Waals surface area contributed by atoms with Gasteiger partial charge in [-0.3, -0.25) is 4.79 Å². The van der Waals surface area contributed by atoms with Gasteiger partial charge in [-0.2, -0.15) is 0 Å². The minimum atomic E-state index is -0.316. The van der Waals surface area contributed by atoms with E-state index in [0.717, 1.165) is 12.8 Å². The van der Waals surface area contributed by atoms with E-state index in [9.17, 15) is 4.79 Å². The number of terminal acetylenes is 1. The first-order valence-corrected chi connectivity index (χ1v) is 5.03. The van der Waals surface area contributed by atoms with Crippen molar-refractivity contribution < 1.29 is 9.42 Å². The molecule has 1 saturated carbocycles. The van der Waals surface area contributed by atoms with Crippen molar-refractivity contribution in [3.63, 3.8) is 0 Å². The van der Waals surface area contributed by atoms with Crippen LogP contribution in [-0.2, 0) is 0 Å². The van der Waals surface area contributed by atoms with Gasteiger partial charge >= 0.3 is 0 Å². The Balaban J connectivity index is 2.10. The maximum absolute atomic E-state index is 12.0. The van der Waals surface area contributed by atoms with Crippen molar-refractivity contribution in [2.45, 2.75) is 12.8 Å². The average Bonchev–Trinajstić information content (AvgIpc) is 2.98. The van der Waals surface area contributed by atoms with Gasteiger partial charge in [-0.05, 0) is 29.1 Å². The van der Waals surface area contributed by atoms with Crippen molar-refractivity contribution in [1.29, 1.82) is 0 Å². The van der Waals surface area contributed by atoms with E-state index in [1.54, 1.807) is 4.90 Å². The van der Waals surface area contributed by atoms with E-state index in [0.29, 0.717) is 12.5 Å². The number of rotatable bonds is 4. The maximum atomic E-state index is 12.0. The molecule has 0 radical (unpaired) electrons. The summed E-state index contributed by atoms with van der Waals surface area (Å²) in [5.74, 6) is 2.69. The molecule has 0 spiro atoms. The van der Waals surface area contributed by atoms with Crippen LogP contribution in [-0.4, -0.2) is 34.2 Å². The number of nitrogen functional groups attached to an aromatic ring is 1. The fraction of sp³-hybridized carbons (Fsp3) is 0.500. The first-order chi connectivity index (χ1) is 7.72. The first kappa shape index (κ1) is 10.5. The average molecular weight is 220 g/mol. The van der Waals surface area contributed by atoms with E-state index in [2.05, 4.69) is 20.9 Å². The number of nitrogens with zero attached hydrogens (tertiary/aromatic N) is 3. The summed E-state index contributed by atoms with van der Waals surface area (Å²) < 4.78 is 4.39. The van der Waals surface area contributed by atoms with Gasteiger partial charge in [-0.1, -0.05) is 5.92 Å². The van der Waals surface area contributed by atoms with Crippen LogP contribution in [0.25, 0.3) is 0 Å². The summed E-state index contributed by atoms with van der Waals surface area (Å²) in [4.78, 5) is 13.5. The largest absolute Gasteiger partial charge is 0.379 e. The molecule has 0 aromatic carbocycles. The summed E-state index contributed by atoms with van der Waals surface area (Å²) >= 11 is 0. The Morgan fingerprint density at radius 2 is 2.38 bits per heavy atom. The molecule has 0 bridgehead atoms. The summed E-state index contributed by atoms with van der Waals surface area (Å²) in [5, 5.41) is 6.84. The van der Waals surface area contributed by atoms with Crippen molar-refractivity contribution in [3.05, 3.63) is 5.69 Å². The molecule has 0 aliphatic heterocycles. The lowest BCUT2D eigenvalue weighted by molar-refractivity contribution is 0.0759. The first-order valence-electron chi connectivity index (χ1n) is 5.03. The molecular weight excluding hydrogens is 208 g/mol. The van der Waals surface area contributed by atoms with Crippen LogP contribution in [0.2, 0.25) is 0 Å². The Labute approximate surface area is 92.7 Å². The van der Waals surface area contributed by atoms with Crippen molar-refractivity contribution in [2.75, 3.05) is 18.8 Å². The normalized spacial score (nSPS) is 14.4. The molecule has 1 aliphatic rings. The second kappa shape index (κ2) is 4.23. The second-order valence-electron chi connectivity index (χ2n) is 3.83. The van der Waals surface area contributed by atoms with E-state index >= 15 is 0 Å². The monoisotopic (exact) mass is 220 g/mol. The molecule has 0 atom stereocenters. The highest BCUT2D eigenvalue weighted by Crippen LogP contribution is 2.30. The minimum Gasteiger partial charge on any atom is -0.379 e. The van der Waals surface area contributed by atoms with Crippen LogP contribution in [0.4, 0.5) is 5.82 Å². The van der Waals surface area contributed by atoms with Crippen LogP contribution >= 0.6 is 0 Å². The SMILES string of the molecule is C#CCN(CC1CC1)C(=O)c1nonc1N. The van der Waals surface area contributed by atoms with Gasteiger partial charge in [0.15, 0.2) is 0 Å². The fourth-order valence-corrected chi connectivity index (χ4v) is 1.44. The molecule has 6 heteroatoms. The number of hydrogen-bond donors (Lipinski definition) is 1. The molecule has 0 unspecified atom stereocenters. The van der Waals surface area contributed by atoms with Gasteiger partial charge in [0.25, 0.3) is 5.91 Å². The zero-order chi connectivity index (χ0) is 11.5. The van der Waals surface area contributed by atoms with Crippen molar-refractivity contribution in [2.24, 2.45) is 5.92 Å². The second-order valence-corrected chi connectivity index (χ2v) is 3.83. The van der Waals surface area contributed by atoms with Crippen LogP contribution in [0.5, 0.6) is 0 Å². The van der Waals surface area contributed by atoms with Gasteiger partial charge in [0.1, 0.15) is 0 Å². The van der Waals surface area contributed by atoms with Crippen molar-refractivity contribution in [1.82, 2.24) is 15.2 Å². The van der Waals surface area contributed by atoms with E-state index < -0.39 is 0 Å². The molecule has 1 heterocycles. The topological polar surface area (TPSA) is 85.2 Å². The smallest absolute Gasteiger partial charge is 0.280 e. The lowest BCUT2D eigenvalue weighted by Gasteiger charge is -2.18. The summed E-state index contributed by atoms with van der Waals surface area (Å²) in [5.41, 5.74) is 5.49. The number of anilines is 1. The molecule has 2 N–H and O–H groups in total. The highest BCUT2D eigenvalue weighted by atomic mass is 16.6. The standard InChI is InChI=1S/C10H12N4O2/c1-2-5-14(6-7-3-4-7)10(15)8-9(11)13-16-12-8/h1,7H,3-6H2,(H2,11,13). The van der Waals surface area contributed by atoms with E-state index in [1.165, 1.54) is 0 Å². The molecule has 1 aromatic rings. The highest BCUT2D eigenvalue weighted by molar-refractivity contribution is 5.96. The van der Waals surface area contributed by atoms with Crippen LogP contribution in [0.1, 0.15) is 23.3 Å². The number of nitrogens with two attached hydrogens (primary N) is 1. The Kier molecular flexibility index (Phi) is 2.77. The van der Waals surface area contributed by atoms with Gasteiger partial charge in [0.05, 0.1) is 6.54 Å². The Hall–Kier alpha value is -2.03. The molecule has 1 aromatic heterocycles. The number of carbonyl (C=O) groups excluding carboxylic acids is 1. The Morgan fingerprint density at radius 1 is 1.62 bits per heavy atom. The number of hydrogen-bond acceptors (Lipinski definition) is 5. The number of carbonyl (C=O) groups is 1. The molecule has 16 heavy (non-hydrogen) atoms. The summed E-state index contributed by atoms with van der Waals surface area (Å²) in [6.45, 7) is 0.900. The zero-order valence-corrected chi connectivity index (χ0v) is 8.72. The van der Waals surface area contributed by atoms with Crippen molar-refractivity contribution >= 4 is 11.7 Å². The van der Waals surface area contributed by atoms with Gasteiger partial charge in [0, 0.05) is 6.54 Å². The third-order valence-electron chi connectivity index (χ3n) is 2.46. The number of amides is 1. The summed E-state index contributed by atoms with van der Waals surface area (Å²) in [6, 6.07) is 0. The van der Waals surface area contributed by atoms with Crippen molar-refractivity contribution in [3.8, 4) is 12.3 Å².